The average Bonchev–Trinajstić information content (AvgIpc) is 3.16. The molecule has 1 heterocycles. The summed E-state index contributed by atoms with van der Waals surface area (Å²) >= 11 is 6.04. The highest BCUT2D eigenvalue weighted by atomic mass is 35.5. The van der Waals surface area contributed by atoms with Gasteiger partial charge in [-0.05, 0) is 48.5 Å². The zero-order valence-corrected chi connectivity index (χ0v) is 15.2. The van der Waals surface area contributed by atoms with E-state index in [2.05, 4.69) is 5.32 Å². The summed E-state index contributed by atoms with van der Waals surface area (Å²) in [5.41, 5.74) is 1.57. The second kappa shape index (κ2) is 8.25. The molecule has 0 fully saturated rings. The molecule has 0 unspecified atom stereocenters. The molecule has 0 radical (unpaired) electrons. The molecular weight excluding hydrogens is 378 g/mol. The van der Waals surface area contributed by atoms with Gasteiger partial charge in [-0.25, -0.2) is 4.79 Å². The number of anilines is 1. The van der Waals surface area contributed by atoms with Gasteiger partial charge in [-0.3, -0.25) is 4.79 Å². The molecule has 28 heavy (non-hydrogen) atoms. The molecule has 0 saturated carbocycles. The van der Waals surface area contributed by atoms with Crippen molar-refractivity contribution in [1.82, 2.24) is 4.57 Å². The number of amides is 1. The number of hydrogen-bond donors (Lipinski definition) is 2. The number of carbonyl (C=O) groups is 2. The summed E-state index contributed by atoms with van der Waals surface area (Å²) in [7, 11) is 0. The van der Waals surface area contributed by atoms with Gasteiger partial charge in [0.05, 0.1) is 16.3 Å². The summed E-state index contributed by atoms with van der Waals surface area (Å²) in [5, 5.41) is 21.6. The first-order valence-electron chi connectivity index (χ1n) is 8.18. The van der Waals surface area contributed by atoms with Crippen LogP contribution in [0.5, 0.6) is 0 Å². The number of para-hydroxylation sites is 1. The molecule has 0 aliphatic carbocycles. The number of aromatic nitrogens is 1. The highest BCUT2D eigenvalue weighted by molar-refractivity contribution is 6.34. The normalized spacial score (nSPS) is 10.9. The monoisotopic (exact) mass is 391 g/mol. The number of nitriles is 1. The maximum Gasteiger partial charge on any atom is 0.335 e. The number of hydrogen-bond acceptors (Lipinski definition) is 3. The van der Waals surface area contributed by atoms with Crippen molar-refractivity contribution < 1.29 is 14.7 Å². The first-order valence-corrected chi connectivity index (χ1v) is 8.56. The molecule has 0 saturated heterocycles. The summed E-state index contributed by atoms with van der Waals surface area (Å²) in [4.78, 5) is 23.7. The number of carboxylic acid groups (broad SMARTS) is 1. The number of aromatic carboxylic acids is 1. The summed E-state index contributed by atoms with van der Waals surface area (Å²) in [6.07, 6.45) is 3.15. The SMILES string of the molecule is N#CC(=Cc1cccn1-c1cccc(C(=O)O)c1)C(=O)Nc1ccccc1Cl. The van der Waals surface area contributed by atoms with Crippen LogP contribution in [0.1, 0.15) is 16.1 Å². The number of nitrogens with zero attached hydrogens (tertiary/aromatic N) is 2. The largest absolute Gasteiger partial charge is 0.478 e. The fraction of sp³-hybridized carbons (Fsp3) is 0. The van der Waals surface area contributed by atoms with Gasteiger partial charge >= 0.3 is 5.97 Å². The molecule has 0 aliphatic rings. The molecule has 0 atom stereocenters. The van der Waals surface area contributed by atoms with E-state index in [1.54, 1.807) is 59.3 Å². The van der Waals surface area contributed by atoms with Crippen molar-refractivity contribution in [1.29, 1.82) is 5.26 Å². The van der Waals surface area contributed by atoms with Crippen molar-refractivity contribution in [2.75, 3.05) is 5.32 Å². The lowest BCUT2D eigenvalue weighted by atomic mass is 10.2. The Bertz CT molecular complexity index is 1130. The number of carbonyl (C=O) groups excluding carboxylic acids is 1. The minimum atomic E-state index is -1.04. The molecule has 0 bridgehead atoms. The second-order valence-corrected chi connectivity index (χ2v) is 6.17. The number of nitrogens with one attached hydrogen (secondary N) is 1. The van der Waals surface area contributed by atoms with Crippen molar-refractivity contribution in [2.45, 2.75) is 0 Å². The van der Waals surface area contributed by atoms with E-state index in [1.165, 1.54) is 18.2 Å². The summed E-state index contributed by atoms with van der Waals surface area (Å²) < 4.78 is 1.69. The van der Waals surface area contributed by atoms with Gasteiger partial charge in [0, 0.05) is 17.6 Å². The number of benzene rings is 2. The molecule has 1 aromatic heterocycles. The third kappa shape index (κ3) is 4.11. The lowest BCUT2D eigenvalue weighted by molar-refractivity contribution is -0.112. The van der Waals surface area contributed by atoms with E-state index < -0.39 is 11.9 Å². The molecule has 138 valence electrons. The smallest absolute Gasteiger partial charge is 0.335 e. The zero-order chi connectivity index (χ0) is 20.1. The lowest BCUT2D eigenvalue weighted by Gasteiger charge is -2.09. The van der Waals surface area contributed by atoms with Crippen molar-refractivity contribution in [3.05, 3.63) is 88.7 Å². The van der Waals surface area contributed by atoms with Gasteiger partial charge in [-0.2, -0.15) is 5.26 Å². The van der Waals surface area contributed by atoms with Crippen LogP contribution in [0.25, 0.3) is 11.8 Å². The Morgan fingerprint density at radius 2 is 1.89 bits per heavy atom. The Hall–Kier alpha value is -3.82. The van der Waals surface area contributed by atoms with Crippen LogP contribution in [0.2, 0.25) is 5.02 Å². The molecular formula is C21H14ClN3O3. The van der Waals surface area contributed by atoms with Gasteiger partial charge in [0.25, 0.3) is 5.91 Å². The van der Waals surface area contributed by atoms with Gasteiger partial charge in [-0.15, -0.1) is 0 Å². The summed E-state index contributed by atoms with van der Waals surface area (Å²) in [5.74, 6) is -1.63. The van der Waals surface area contributed by atoms with E-state index in [4.69, 9.17) is 16.7 Å². The van der Waals surface area contributed by atoms with E-state index in [1.807, 2.05) is 6.07 Å². The van der Waals surface area contributed by atoms with Crippen LogP contribution >= 0.6 is 11.6 Å². The highest BCUT2D eigenvalue weighted by Crippen LogP contribution is 2.22. The third-order valence-corrected chi connectivity index (χ3v) is 4.26. The fourth-order valence-corrected chi connectivity index (χ4v) is 2.77. The van der Waals surface area contributed by atoms with Crippen LogP contribution in [0, 0.1) is 11.3 Å². The Labute approximate surface area is 165 Å². The van der Waals surface area contributed by atoms with E-state index in [-0.39, 0.29) is 11.1 Å². The molecule has 1 amide bonds. The molecule has 2 N–H and O–H groups in total. The van der Waals surface area contributed by atoms with Crippen LogP contribution in [-0.2, 0) is 4.79 Å². The molecule has 7 heteroatoms. The van der Waals surface area contributed by atoms with E-state index in [0.717, 1.165) is 0 Å². The molecule has 6 nitrogen and oxygen atoms in total. The van der Waals surface area contributed by atoms with E-state index in [0.29, 0.717) is 22.1 Å². The summed E-state index contributed by atoms with van der Waals surface area (Å²) in [6, 6.07) is 18.4. The number of rotatable bonds is 5. The highest BCUT2D eigenvalue weighted by Gasteiger charge is 2.13. The van der Waals surface area contributed by atoms with E-state index in [9.17, 15) is 14.9 Å². The maximum absolute atomic E-state index is 12.5. The van der Waals surface area contributed by atoms with Gasteiger partial charge in [-0.1, -0.05) is 29.8 Å². The predicted molar refractivity (Wildman–Crippen MR) is 106 cm³/mol. The van der Waals surface area contributed by atoms with Crippen molar-refractivity contribution in [2.24, 2.45) is 0 Å². The molecule has 3 aromatic rings. The maximum atomic E-state index is 12.5. The van der Waals surface area contributed by atoms with Crippen molar-refractivity contribution >= 4 is 35.2 Å². The minimum absolute atomic E-state index is 0.116. The Morgan fingerprint density at radius 3 is 2.61 bits per heavy atom. The number of carboxylic acids is 1. The Balaban J connectivity index is 1.93. The van der Waals surface area contributed by atoms with Crippen LogP contribution in [0.4, 0.5) is 5.69 Å². The minimum Gasteiger partial charge on any atom is -0.478 e. The van der Waals surface area contributed by atoms with Crippen LogP contribution in [0.3, 0.4) is 0 Å². The second-order valence-electron chi connectivity index (χ2n) is 5.76. The Morgan fingerprint density at radius 1 is 1.11 bits per heavy atom. The molecule has 2 aromatic carbocycles. The fourth-order valence-electron chi connectivity index (χ4n) is 2.58. The Kier molecular flexibility index (Phi) is 5.58. The van der Waals surface area contributed by atoms with Crippen LogP contribution in [-0.4, -0.2) is 21.6 Å². The van der Waals surface area contributed by atoms with E-state index >= 15 is 0 Å². The molecule has 3 rings (SSSR count). The quantitative estimate of drug-likeness (QED) is 0.498. The first kappa shape index (κ1) is 19.0. The predicted octanol–water partition coefficient (Wildman–Crippen LogP) is 4.37. The lowest BCUT2D eigenvalue weighted by Crippen LogP contribution is -2.14. The number of halogens is 1. The first-order chi connectivity index (χ1) is 13.5. The zero-order valence-electron chi connectivity index (χ0n) is 14.5. The van der Waals surface area contributed by atoms with Gasteiger partial charge in [0.15, 0.2) is 0 Å². The topological polar surface area (TPSA) is 95.1 Å². The molecule has 0 spiro atoms. The van der Waals surface area contributed by atoms with Crippen LogP contribution in [0.15, 0.2) is 72.4 Å². The van der Waals surface area contributed by atoms with Crippen molar-refractivity contribution in [3.63, 3.8) is 0 Å². The van der Waals surface area contributed by atoms with Gasteiger partial charge < -0.3 is 15.0 Å². The van der Waals surface area contributed by atoms with Gasteiger partial charge in [0.2, 0.25) is 0 Å². The summed E-state index contributed by atoms with van der Waals surface area (Å²) in [6.45, 7) is 0. The van der Waals surface area contributed by atoms with Gasteiger partial charge in [0.1, 0.15) is 11.6 Å². The van der Waals surface area contributed by atoms with Crippen molar-refractivity contribution in [3.8, 4) is 11.8 Å². The standard InChI is InChI=1S/C21H14ClN3O3/c22-18-8-1-2-9-19(18)24-20(26)15(13-23)12-17-7-4-10-25(17)16-6-3-5-14(11-16)21(27)28/h1-12H,(H,24,26)(H,27,28). The molecule has 0 aliphatic heterocycles. The van der Waals surface area contributed by atoms with Crippen LogP contribution < -0.4 is 5.32 Å². The third-order valence-electron chi connectivity index (χ3n) is 3.93. The average molecular weight is 392 g/mol.